The number of hydrogen-bond acceptors (Lipinski definition) is 4. The molecule has 2 aliphatic carbocycles. The molecular weight excluding hydrogens is 404 g/mol. The van der Waals surface area contributed by atoms with Crippen LogP contribution in [0.3, 0.4) is 0 Å². The lowest BCUT2D eigenvalue weighted by Crippen LogP contribution is -2.53. The fraction of sp³-hybridized carbons (Fsp3) is 0.923. The van der Waals surface area contributed by atoms with E-state index >= 15 is 0 Å². The van der Waals surface area contributed by atoms with E-state index in [0.29, 0.717) is 25.0 Å². The van der Waals surface area contributed by atoms with Gasteiger partial charge in [-0.15, -0.1) is 0 Å². The highest BCUT2D eigenvalue weighted by atomic mass is 28.4. The smallest absolute Gasteiger partial charge is 0.192 e. The second kappa shape index (κ2) is 10.4. The van der Waals surface area contributed by atoms with Gasteiger partial charge in [-0.1, -0.05) is 78.4 Å². The lowest BCUT2D eigenvalue weighted by Gasteiger charge is -2.49. The Labute approximate surface area is 192 Å². The van der Waals surface area contributed by atoms with Crippen molar-refractivity contribution in [2.75, 3.05) is 13.2 Å². The average Bonchev–Trinajstić information content (AvgIpc) is 3.27. The Balaban J connectivity index is 1.59. The number of aliphatic hydroxyl groups is 1. The van der Waals surface area contributed by atoms with Gasteiger partial charge in [-0.25, -0.2) is 0 Å². The quantitative estimate of drug-likeness (QED) is 0.222. The van der Waals surface area contributed by atoms with Gasteiger partial charge in [-0.3, -0.25) is 0 Å². The summed E-state index contributed by atoms with van der Waals surface area (Å²) in [5.74, 6) is 0.646. The fourth-order valence-corrected chi connectivity index (χ4v) is 6.76. The maximum absolute atomic E-state index is 10.8. The zero-order valence-electron chi connectivity index (χ0n) is 21.0. The molecule has 3 fully saturated rings. The SMILES string of the molecule is CCCCCCCCC(/C=C/[C@H]1[C@@H]2CC3(OCCO3)[C@@H]2C[C@@H]1O)O[Si](C)(C)C(C)(C)C. The molecule has 3 rings (SSSR count). The van der Waals surface area contributed by atoms with Gasteiger partial charge in [0.15, 0.2) is 14.1 Å². The van der Waals surface area contributed by atoms with E-state index < -0.39 is 8.32 Å². The topological polar surface area (TPSA) is 47.9 Å². The first-order valence-corrected chi connectivity index (χ1v) is 15.8. The zero-order chi connectivity index (χ0) is 22.7. The van der Waals surface area contributed by atoms with Crippen LogP contribution in [0.2, 0.25) is 18.1 Å². The molecule has 0 aromatic rings. The summed E-state index contributed by atoms with van der Waals surface area (Å²) in [5, 5.41) is 11.0. The van der Waals surface area contributed by atoms with Crippen molar-refractivity contribution in [1.29, 1.82) is 0 Å². The largest absolute Gasteiger partial charge is 0.411 e. The molecule has 5 atom stereocenters. The number of fused-ring (bicyclic) bond motifs is 2. The molecule has 1 spiro atoms. The molecule has 2 saturated carbocycles. The average molecular weight is 453 g/mol. The van der Waals surface area contributed by atoms with Crippen molar-refractivity contribution in [3.05, 3.63) is 12.2 Å². The van der Waals surface area contributed by atoms with Gasteiger partial charge in [0, 0.05) is 18.3 Å². The number of aliphatic hydroxyl groups excluding tert-OH is 1. The minimum Gasteiger partial charge on any atom is -0.411 e. The molecule has 31 heavy (non-hydrogen) atoms. The van der Waals surface area contributed by atoms with Gasteiger partial charge in [0.25, 0.3) is 0 Å². The molecule has 1 N–H and O–H groups in total. The summed E-state index contributed by atoms with van der Waals surface area (Å²) in [6.45, 7) is 15.3. The molecule has 1 unspecified atom stereocenters. The lowest BCUT2D eigenvalue weighted by atomic mass is 9.67. The van der Waals surface area contributed by atoms with Crippen LogP contribution >= 0.6 is 0 Å². The van der Waals surface area contributed by atoms with E-state index in [9.17, 15) is 5.11 Å². The number of unbranched alkanes of at least 4 members (excludes halogenated alkanes) is 5. The van der Waals surface area contributed by atoms with E-state index in [-0.39, 0.29) is 29.0 Å². The molecule has 3 aliphatic rings. The normalized spacial score (nSPS) is 31.3. The van der Waals surface area contributed by atoms with Gasteiger partial charge in [0.05, 0.1) is 25.4 Å². The monoisotopic (exact) mass is 452 g/mol. The van der Waals surface area contributed by atoms with Gasteiger partial charge in [-0.05, 0) is 36.9 Å². The zero-order valence-corrected chi connectivity index (χ0v) is 22.0. The van der Waals surface area contributed by atoms with Crippen molar-refractivity contribution in [2.24, 2.45) is 17.8 Å². The van der Waals surface area contributed by atoms with Crippen LogP contribution in [-0.4, -0.2) is 44.6 Å². The predicted octanol–water partition coefficient (Wildman–Crippen LogP) is 6.44. The molecule has 1 saturated heterocycles. The molecule has 0 aromatic carbocycles. The summed E-state index contributed by atoms with van der Waals surface area (Å²) in [7, 11) is -1.84. The third-order valence-corrected chi connectivity index (χ3v) is 13.0. The summed E-state index contributed by atoms with van der Waals surface area (Å²) < 4.78 is 18.7. The van der Waals surface area contributed by atoms with Crippen molar-refractivity contribution in [2.45, 2.75) is 122 Å². The minimum atomic E-state index is -1.84. The standard InChI is InChI=1S/C26H48O4Si/c1-7-8-9-10-11-12-13-20(30-31(5,6)25(2,3)4)14-15-21-22-19-26(28-16-17-29-26)23(22)18-24(21)27/h14-15,20-24,27H,7-13,16-19H2,1-6H3/b15-14+/t20?,21-,22-,23+,24-/m0/s1. The van der Waals surface area contributed by atoms with Crippen molar-refractivity contribution in [1.82, 2.24) is 0 Å². The summed E-state index contributed by atoms with van der Waals surface area (Å²) in [4.78, 5) is 0. The lowest BCUT2D eigenvalue weighted by molar-refractivity contribution is -0.270. The highest BCUT2D eigenvalue weighted by Gasteiger charge is 2.64. The van der Waals surface area contributed by atoms with Crippen LogP contribution in [0.15, 0.2) is 12.2 Å². The first kappa shape index (κ1) is 25.4. The van der Waals surface area contributed by atoms with Crippen LogP contribution in [0, 0.1) is 17.8 Å². The Bertz CT molecular complexity index is 591. The molecule has 0 bridgehead atoms. The molecule has 0 amide bonds. The molecule has 5 heteroatoms. The van der Waals surface area contributed by atoms with Gasteiger partial charge < -0.3 is 19.0 Å². The Kier molecular flexibility index (Phi) is 8.51. The fourth-order valence-electron chi connectivity index (χ4n) is 5.45. The van der Waals surface area contributed by atoms with Crippen LogP contribution < -0.4 is 0 Å². The summed E-state index contributed by atoms with van der Waals surface area (Å²) in [5.41, 5.74) is 0. The number of rotatable bonds is 11. The van der Waals surface area contributed by atoms with E-state index in [1.807, 2.05) is 0 Å². The Hall–Kier alpha value is -0.203. The van der Waals surface area contributed by atoms with Crippen LogP contribution in [0.1, 0.15) is 85.5 Å². The first-order valence-electron chi connectivity index (χ1n) is 12.9. The number of hydrogen-bond donors (Lipinski definition) is 1. The predicted molar refractivity (Wildman–Crippen MR) is 130 cm³/mol. The maximum atomic E-state index is 10.8. The highest BCUT2D eigenvalue weighted by Crippen LogP contribution is 2.60. The molecule has 180 valence electrons. The molecule has 1 aliphatic heterocycles. The summed E-state index contributed by atoms with van der Waals surface area (Å²) >= 11 is 0. The van der Waals surface area contributed by atoms with Crippen molar-refractivity contribution >= 4 is 8.32 Å². The van der Waals surface area contributed by atoms with Crippen molar-refractivity contribution in [3.63, 3.8) is 0 Å². The van der Waals surface area contributed by atoms with Crippen molar-refractivity contribution < 1.29 is 19.0 Å². The van der Waals surface area contributed by atoms with E-state index in [4.69, 9.17) is 13.9 Å². The second-order valence-corrected chi connectivity index (χ2v) is 16.5. The Morgan fingerprint density at radius 3 is 2.39 bits per heavy atom. The Morgan fingerprint density at radius 2 is 1.74 bits per heavy atom. The summed E-state index contributed by atoms with van der Waals surface area (Å²) in [6.07, 6.45) is 15.1. The second-order valence-electron chi connectivity index (χ2n) is 11.7. The first-order chi connectivity index (χ1) is 14.6. The van der Waals surface area contributed by atoms with E-state index in [1.54, 1.807) is 0 Å². The maximum Gasteiger partial charge on any atom is 0.192 e. The molecular formula is C26H48O4Si. The molecule has 4 nitrogen and oxygen atoms in total. The van der Waals surface area contributed by atoms with E-state index in [1.165, 1.54) is 38.5 Å². The molecule has 1 heterocycles. The van der Waals surface area contributed by atoms with E-state index in [0.717, 1.165) is 19.3 Å². The van der Waals surface area contributed by atoms with Crippen LogP contribution in [0.4, 0.5) is 0 Å². The highest BCUT2D eigenvalue weighted by molar-refractivity contribution is 6.74. The minimum absolute atomic E-state index is 0.159. The summed E-state index contributed by atoms with van der Waals surface area (Å²) in [6, 6.07) is 0. The molecule has 0 aromatic heterocycles. The van der Waals surface area contributed by atoms with Crippen LogP contribution in [0.25, 0.3) is 0 Å². The number of ether oxygens (including phenoxy) is 2. The van der Waals surface area contributed by atoms with Crippen LogP contribution in [-0.2, 0) is 13.9 Å². The van der Waals surface area contributed by atoms with Gasteiger partial charge in [-0.2, -0.15) is 0 Å². The molecule has 0 radical (unpaired) electrons. The van der Waals surface area contributed by atoms with Gasteiger partial charge in [0.1, 0.15) is 0 Å². The van der Waals surface area contributed by atoms with E-state index in [2.05, 4.69) is 52.9 Å². The van der Waals surface area contributed by atoms with Crippen LogP contribution in [0.5, 0.6) is 0 Å². The third-order valence-electron chi connectivity index (χ3n) is 8.45. The third kappa shape index (κ3) is 5.84. The van der Waals surface area contributed by atoms with Gasteiger partial charge in [0.2, 0.25) is 0 Å². The van der Waals surface area contributed by atoms with Gasteiger partial charge >= 0.3 is 0 Å². The van der Waals surface area contributed by atoms with Crippen molar-refractivity contribution in [3.8, 4) is 0 Å². The Morgan fingerprint density at radius 1 is 1.10 bits per heavy atom.